The number of Topliss-reactive ketones (excluding diaryl/α,β-unsaturated/α-hetero) is 1. The second-order valence-corrected chi connectivity index (χ2v) is 2.01. The third-order valence-electron chi connectivity index (χ3n) is 0.488. The lowest BCUT2D eigenvalue weighted by Crippen LogP contribution is -2.01. The van der Waals surface area contributed by atoms with Crippen LogP contribution in [0.3, 0.4) is 0 Å². The predicted octanol–water partition coefficient (Wildman–Crippen LogP) is 0.379. The van der Waals surface area contributed by atoms with Crippen LogP contribution in [0, 0.1) is 0 Å². The molecule has 1 N–H and O–H groups in total. The van der Waals surface area contributed by atoms with Crippen molar-refractivity contribution >= 4 is 23.8 Å². The zero-order valence-electron chi connectivity index (χ0n) is 4.50. The summed E-state index contributed by atoms with van der Waals surface area (Å²) in [4.78, 5) is 10.3. The van der Waals surface area contributed by atoms with Crippen molar-refractivity contribution in [2.75, 3.05) is 12.0 Å². The fourth-order valence-electron chi connectivity index (χ4n) is 0.244. The predicted molar refractivity (Wildman–Crippen MR) is 33.7 cm³/mol. The van der Waals surface area contributed by atoms with Gasteiger partial charge >= 0.3 is 0 Å². The van der Waals surface area contributed by atoms with Crippen molar-refractivity contribution in [3.8, 4) is 0 Å². The number of rotatable bonds is 3. The topological polar surface area (TPSA) is 49.7 Å². The van der Waals surface area contributed by atoms with Gasteiger partial charge in [-0.2, -0.15) is 11.8 Å². The monoisotopic (exact) mass is 133 g/mol. The van der Waals surface area contributed by atoms with E-state index in [1.807, 2.05) is 6.26 Å². The van der Waals surface area contributed by atoms with Crippen LogP contribution in [0.4, 0.5) is 0 Å². The molecule has 0 spiro atoms. The van der Waals surface area contributed by atoms with E-state index in [1.165, 1.54) is 11.8 Å². The number of hydrogen-bond acceptors (Lipinski definition) is 4. The molecular formula is C4H7NO2S. The number of nitrogens with zero attached hydrogens (tertiary/aromatic N) is 1. The Morgan fingerprint density at radius 1 is 2.00 bits per heavy atom. The summed E-state index contributed by atoms with van der Waals surface area (Å²) in [5.74, 6) is 0.212. The maximum atomic E-state index is 10.3. The Morgan fingerprint density at radius 3 is 3.00 bits per heavy atom. The van der Waals surface area contributed by atoms with Crippen molar-refractivity contribution in [3.63, 3.8) is 0 Å². The molecule has 0 radical (unpaired) electrons. The summed E-state index contributed by atoms with van der Waals surface area (Å²) in [5.41, 5.74) is 0. The second-order valence-electron chi connectivity index (χ2n) is 1.14. The van der Waals surface area contributed by atoms with Crippen molar-refractivity contribution in [3.05, 3.63) is 0 Å². The Labute approximate surface area is 51.8 Å². The molecule has 0 heterocycles. The van der Waals surface area contributed by atoms with Crippen LogP contribution < -0.4 is 0 Å². The number of carbonyl (C=O) groups excluding carboxylic acids is 1. The lowest BCUT2D eigenvalue weighted by atomic mass is 10.5. The van der Waals surface area contributed by atoms with Gasteiger partial charge in [0.05, 0.1) is 5.75 Å². The van der Waals surface area contributed by atoms with Crippen molar-refractivity contribution in [2.24, 2.45) is 5.16 Å². The number of thioether (sulfide) groups is 1. The first-order chi connectivity index (χ1) is 3.81. The van der Waals surface area contributed by atoms with Crippen LogP contribution in [0.1, 0.15) is 0 Å². The summed E-state index contributed by atoms with van der Waals surface area (Å²) in [6, 6.07) is 0. The average molecular weight is 133 g/mol. The maximum absolute atomic E-state index is 10.3. The minimum atomic E-state index is -0.167. The van der Waals surface area contributed by atoms with Crippen LogP contribution in [0.5, 0.6) is 0 Å². The molecule has 0 fully saturated rings. The lowest BCUT2D eigenvalue weighted by Gasteiger charge is -1.83. The van der Waals surface area contributed by atoms with E-state index in [0.717, 1.165) is 6.21 Å². The van der Waals surface area contributed by atoms with Crippen LogP contribution in [-0.2, 0) is 4.79 Å². The molecule has 0 amide bonds. The molecule has 0 unspecified atom stereocenters. The first kappa shape index (κ1) is 7.49. The van der Waals surface area contributed by atoms with E-state index in [4.69, 9.17) is 5.21 Å². The minimum Gasteiger partial charge on any atom is -0.411 e. The smallest absolute Gasteiger partial charge is 0.187 e. The summed E-state index contributed by atoms with van der Waals surface area (Å²) in [6.45, 7) is 0. The van der Waals surface area contributed by atoms with Gasteiger partial charge in [-0.05, 0) is 6.26 Å². The molecule has 0 aliphatic carbocycles. The molecule has 46 valence electrons. The van der Waals surface area contributed by atoms with Gasteiger partial charge in [0.2, 0.25) is 0 Å². The SMILES string of the molecule is CSCC(=O)/C=N\O. The zero-order valence-corrected chi connectivity index (χ0v) is 5.31. The normalized spacial score (nSPS) is 10.1. The maximum Gasteiger partial charge on any atom is 0.187 e. The molecule has 8 heavy (non-hydrogen) atoms. The number of carbonyl (C=O) groups is 1. The van der Waals surface area contributed by atoms with Crippen LogP contribution >= 0.6 is 11.8 Å². The fraction of sp³-hybridized carbons (Fsp3) is 0.500. The molecule has 0 bridgehead atoms. The minimum absolute atomic E-state index is 0.167. The van der Waals surface area contributed by atoms with Gasteiger partial charge in [0, 0.05) is 0 Å². The second kappa shape index (κ2) is 4.64. The molecule has 0 rings (SSSR count). The third-order valence-corrected chi connectivity index (χ3v) is 1.06. The third kappa shape index (κ3) is 3.67. The number of oxime groups is 1. The quantitative estimate of drug-likeness (QED) is 0.344. The van der Waals surface area contributed by atoms with E-state index < -0.39 is 0 Å². The van der Waals surface area contributed by atoms with Gasteiger partial charge in [-0.1, -0.05) is 5.16 Å². The van der Waals surface area contributed by atoms with Crippen molar-refractivity contribution in [1.29, 1.82) is 0 Å². The molecule has 0 saturated heterocycles. The molecular weight excluding hydrogens is 126 g/mol. The molecule has 0 aliphatic heterocycles. The fourth-order valence-corrected chi connectivity index (χ4v) is 0.603. The van der Waals surface area contributed by atoms with Crippen molar-refractivity contribution < 1.29 is 10.0 Å². The highest BCUT2D eigenvalue weighted by atomic mass is 32.2. The standard InChI is InChI=1S/C4H7NO2S/c1-8-3-4(6)2-5-7/h2,7H,3H2,1H3/b5-2-. The van der Waals surface area contributed by atoms with Crippen LogP contribution in [0.15, 0.2) is 5.16 Å². The molecule has 0 saturated carbocycles. The van der Waals surface area contributed by atoms with E-state index in [0.29, 0.717) is 5.75 Å². The molecule has 0 aromatic rings. The first-order valence-electron chi connectivity index (χ1n) is 2.00. The Hall–Kier alpha value is -0.510. The van der Waals surface area contributed by atoms with E-state index in [2.05, 4.69) is 5.16 Å². The van der Waals surface area contributed by atoms with Gasteiger partial charge in [-0.15, -0.1) is 0 Å². The zero-order chi connectivity index (χ0) is 6.41. The first-order valence-corrected chi connectivity index (χ1v) is 3.40. The van der Waals surface area contributed by atoms with Gasteiger partial charge < -0.3 is 5.21 Å². The van der Waals surface area contributed by atoms with E-state index in [1.54, 1.807) is 0 Å². The van der Waals surface area contributed by atoms with Crippen LogP contribution in [0.2, 0.25) is 0 Å². The lowest BCUT2D eigenvalue weighted by molar-refractivity contribution is -0.110. The van der Waals surface area contributed by atoms with Gasteiger partial charge in [0.15, 0.2) is 5.78 Å². The summed E-state index contributed by atoms with van der Waals surface area (Å²) < 4.78 is 0. The largest absolute Gasteiger partial charge is 0.411 e. The molecule has 3 nitrogen and oxygen atoms in total. The van der Waals surface area contributed by atoms with Gasteiger partial charge in [0.1, 0.15) is 6.21 Å². The molecule has 4 heteroatoms. The Kier molecular flexibility index (Phi) is 4.35. The number of hydrogen-bond donors (Lipinski definition) is 1. The summed E-state index contributed by atoms with van der Waals surface area (Å²) in [5, 5.41) is 10.4. The highest BCUT2D eigenvalue weighted by Gasteiger charge is 1.92. The average Bonchev–Trinajstić information content (AvgIpc) is 1.68. The number of ketones is 1. The van der Waals surface area contributed by atoms with E-state index in [9.17, 15) is 4.79 Å². The van der Waals surface area contributed by atoms with Crippen LogP contribution in [0.25, 0.3) is 0 Å². The van der Waals surface area contributed by atoms with Crippen molar-refractivity contribution in [2.45, 2.75) is 0 Å². The Bertz CT molecular complexity index is 102. The molecule has 0 aromatic carbocycles. The van der Waals surface area contributed by atoms with Crippen molar-refractivity contribution in [1.82, 2.24) is 0 Å². The van der Waals surface area contributed by atoms with E-state index >= 15 is 0 Å². The molecule has 0 atom stereocenters. The van der Waals surface area contributed by atoms with Crippen LogP contribution in [-0.4, -0.2) is 29.2 Å². The van der Waals surface area contributed by atoms with E-state index in [-0.39, 0.29) is 5.78 Å². The van der Waals surface area contributed by atoms with Gasteiger partial charge in [0.25, 0.3) is 0 Å². The molecule has 0 aliphatic rings. The highest BCUT2D eigenvalue weighted by molar-refractivity contribution is 7.99. The summed E-state index contributed by atoms with van der Waals surface area (Å²) in [6.07, 6.45) is 2.71. The Morgan fingerprint density at radius 2 is 2.62 bits per heavy atom. The summed E-state index contributed by atoms with van der Waals surface area (Å²) >= 11 is 1.40. The molecule has 0 aromatic heterocycles. The van der Waals surface area contributed by atoms with Gasteiger partial charge in [-0.3, -0.25) is 4.79 Å². The highest BCUT2D eigenvalue weighted by Crippen LogP contribution is 1.88. The van der Waals surface area contributed by atoms with Gasteiger partial charge in [-0.25, -0.2) is 0 Å². The Balaban J connectivity index is 3.33. The summed E-state index contributed by atoms with van der Waals surface area (Å²) in [7, 11) is 0.